The van der Waals surface area contributed by atoms with E-state index < -0.39 is 16.4 Å². The Balaban J connectivity index is 1.85. The third-order valence-corrected chi connectivity index (χ3v) is 4.25. The van der Waals surface area contributed by atoms with Gasteiger partial charge in [0, 0.05) is 19.2 Å². The van der Waals surface area contributed by atoms with E-state index >= 15 is 0 Å². The Kier molecular flexibility index (Phi) is 5.64. The largest absolute Gasteiger partial charge is 0.396 e. The van der Waals surface area contributed by atoms with Gasteiger partial charge in [0.1, 0.15) is 0 Å². The molecule has 1 aromatic carbocycles. The van der Waals surface area contributed by atoms with Crippen molar-refractivity contribution in [1.82, 2.24) is 5.32 Å². The van der Waals surface area contributed by atoms with Gasteiger partial charge in [0.2, 0.25) is 5.82 Å². The SMILES string of the molecule is O=[N+]([O-])c1ccc(CNCC2CCCCC2CO)cc1F. The van der Waals surface area contributed by atoms with Crippen LogP contribution in [-0.2, 0) is 6.54 Å². The lowest BCUT2D eigenvalue weighted by molar-refractivity contribution is -0.387. The Labute approximate surface area is 123 Å². The molecular weight excluding hydrogens is 275 g/mol. The molecule has 2 rings (SSSR count). The summed E-state index contributed by atoms with van der Waals surface area (Å²) in [5.74, 6) is -0.00306. The highest BCUT2D eigenvalue weighted by atomic mass is 19.1. The van der Waals surface area contributed by atoms with Crippen molar-refractivity contribution in [2.45, 2.75) is 32.2 Å². The van der Waals surface area contributed by atoms with Crippen LogP contribution in [0.1, 0.15) is 31.2 Å². The van der Waals surface area contributed by atoms with E-state index in [0.717, 1.165) is 19.4 Å². The topological polar surface area (TPSA) is 75.4 Å². The van der Waals surface area contributed by atoms with Crippen molar-refractivity contribution in [2.24, 2.45) is 11.8 Å². The molecule has 116 valence electrons. The highest BCUT2D eigenvalue weighted by molar-refractivity contribution is 5.34. The molecule has 0 saturated heterocycles. The Hall–Kier alpha value is -1.53. The maximum atomic E-state index is 13.5. The Morgan fingerprint density at radius 3 is 2.67 bits per heavy atom. The number of nitrogens with zero attached hydrogens (tertiary/aromatic N) is 1. The van der Waals surface area contributed by atoms with Gasteiger partial charge in [-0.2, -0.15) is 4.39 Å². The average Bonchev–Trinajstić information content (AvgIpc) is 2.47. The number of aliphatic hydroxyl groups excluding tert-OH is 1. The first-order chi connectivity index (χ1) is 10.1. The first kappa shape index (κ1) is 15.9. The molecule has 2 unspecified atom stereocenters. The predicted molar refractivity (Wildman–Crippen MR) is 77.3 cm³/mol. The smallest absolute Gasteiger partial charge is 0.304 e. The second kappa shape index (κ2) is 7.47. The third kappa shape index (κ3) is 4.22. The second-order valence-electron chi connectivity index (χ2n) is 5.66. The molecule has 0 aromatic heterocycles. The molecule has 1 aliphatic rings. The van der Waals surface area contributed by atoms with Crippen molar-refractivity contribution < 1.29 is 14.4 Å². The fraction of sp³-hybridized carbons (Fsp3) is 0.600. The number of nitrogens with one attached hydrogen (secondary N) is 1. The van der Waals surface area contributed by atoms with Crippen LogP contribution in [0.3, 0.4) is 0 Å². The number of aliphatic hydroxyl groups is 1. The molecule has 1 aromatic rings. The summed E-state index contributed by atoms with van der Waals surface area (Å²) in [5.41, 5.74) is 0.195. The molecule has 21 heavy (non-hydrogen) atoms. The summed E-state index contributed by atoms with van der Waals surface area (Å²) in [5, 5.41) is 23.2. The van der Waals surface area contributed by atoms with E-state index in [2.05, 4.69) is 5.32 Å². The zero-order valence-electron chi connectivity index (χ0n) is 11.9. The first-order valence-corrected chi connectivity index (χ1v) is 7.36. The summed E-state index contributed by atoms with van der Waals surface area (Å²) < 4.78 is 13.5. The van der Waals surface area contributed by atoms with Crippen molar-refractivity contribution >= 4 is 5.69 Å². The van der Waals surface area contributed by atoms with Crippen LogP contribution in [0.2, 0.25) is 0 Å². The standard InChI is InChI=1S/C15H21FN2O3/c16-14-7-11(5-6-15(14)18(20)21)8-17-9-12-3-1-2-4-13(12)10-19/h5-7,12-13,17,19H,1-4,8-10H2. The lowest BCUT2D eigenvalue weighted by atomic mass is 9.79. The van der Waals surface area contributed by atoms with Crippen LogP contribution >= 0.6 is 0 Å². The Bertz CT molecular complexity index is 496. The zero-order valence-corrected chi connectivity index (χ0v) is 11.9. The number of benzene rings is 1. The molecule has 0 heterocycles. The minimum absolute atomic E-state index is 0.221. The molecule has 2 N–H and O–H groups in total. The fourth-order valence-electron chi connectivity index (χ4n) is 3.00. The van der Waals surface area contributed by atoms with E-state index in [1.54, 1.807) is 6.07 Å². The molecule has 0 spiro atoms. The van der Waals surface area contributed by atoms with Crippen LogP contribution < -0.4 is 5.32 Å². The Morgan fingerprint density at radius 2 is 2.05 bits per heavy atom. The first-order valence-electron chi connectivity index (χ1n) is 7.36. The summed E-state index contributed by atoms with van der Waals surface area (Å²) in [4.78, 5) is 9.83. The van der Waals surface area contributed by atoms with Crippen LogP contribution in [0.15, 0.2) is 18.2 Å². The predicted octanol–water partition coefficient (Wildman–Crippen LogP) is 2.62. The van der Waals surface area contributed by atoms with E-state index in [9.17, 15) is 19.6 Å². The van der Waals surface area contributed by atoms with Gasteiger partial charge in [-0.3, -0.25) is 10.1 Å². The van der Waals surface area contributed by atoms with Crippen molar-refractivity contribution in [1.29, 1.82) is 0 Å². The summed E-state index contributed by atoms with van der Waals surface area (Å²) in [7, 11) is 0. The second-order valence-corrected chi connectivity index (χ2v) is 5.66. The number of nitro groups is 1. The highest BCUT2D eigenvalue weighted by Gasteiger charge is 2.23. The summed E-state index contributed by atoms with van der Waals surface area (Å²) in [6.07, 6.45) is 4.53. The maximum Gasteiger partial charge on any atom is 0.304 e. The van der Waals surface area contributed by atoms with Gasteiger partial charge in [-0.05, 0) is 42.9 Å². The van der Waals surface area contributed by atoms with Crippen LogP contribution in [0.4, 0.5) is 10.1 Å². The molecule has 5 nitrogen and oxygen atoms in total. The van der Waals surface area contributed by atoms with E-state index in [-0.39, 0.29) is 6.61 Å². The van der Waals surface area contributed by atoms with Crippen LogP contribution in [-0.4, -0.2) is 23.2 Å². The Morgan fingerprint density at radius 1 is 1.33 bits per heavy atom. The van der Waals surface area contributed by atoms with Crippen LogP contribution in [0.5, 0.6) is 0 Å². The number of halogens is 1. The van der Waals surface area contributed by atoms with Gasteiger partial charge in [0.05, 0.1) is 4.92 Å². The van der Waals surface area contributed by atoms with Crippen LogP contribution in [0, 0.1) is 27.8 Å². The van der Waals surface area contributed by atoms with Gasteiger partial charge in [-0.1, -0.05) is 18.9 Å². The minimum atomic E-state index is -0.801. The fourth-order valence-corrected chi connectivity index (χ4v) is 3.00. The quantitative estimate of drug-likeness (QED) is 0.625. The van der Waals surface area contributed by atoms with Gasteiger partial charge < -0.3 is 10.4 Å². The zero-order chi connectivity index (χ0) is 15.2. The summed E-state index contributed by atoms with van der Waals surface area (Å²) >= 11 is 0. The molecule has 1 aliphatic carbocycles. The number of nitro benzene ring substituents is 1. The number of rotatable bonds is 6. The number of hydrogen-bond donors (Lipinski definition) is 2. The molecule has 0 amide bonds. The van der Waals surface area contributed by atoms with Crippen molar-refractivity contribution in [2.75, 3.05) is 13.2 Å². The molecule has 0 bridgehead atoms. The molecule has 0 radical (unpaired) electrons. The lowest BCUT2D eigenvalue weighted by Gasteiger charge is -2.30. The van der Waals surface area contributed by atoms with Crippen LogP contribution in [0.25, 0.3) is 0 Å². The van der Waals surface area contributed by atoms with E-state index in [1.807, 2.05) is 0 Å². The van der Waals surface area contributed by atoms with E-state index in [1.165, 1.54) is 25.0 Å². The van der Waals surface area contributed by atoms with Crippen molar-refractivity contribution in [3.8, 4) is 0 Å². The normalized spacial score (nSPS) is 22.2. The monoisotopic (exact) mass is 296 g/mol. The van der Waals surface area contributed by atoms with Gasteiger partial charge in [-0.25, -0.2) is 0 Å². The van der Waals surface area contributed by atoms with Gasteiger partial charge in [0.15, 0.2) is 0 Å². The molecule has 1 saturated carbocycles. The summed E-state index contributed by atoms with van der Waals surface area (Å²) in [6.45, 7) is 1.48. The maximum absolute atomic E-state index is 13.5. The molecule has 6 heteroatoms. The van der Waals surface area contributed by atoms with E-state index in [4.69, 9.17) is 0 Å². The van der Waals surface area contributed by atoms with Crippen molar-refractivity contribution in [3.63, 3.8) is 0 Å². The lowest BCUT2D eigenvalue weighted by Crippen LogP contribution is -2.32. The average molecular weight is 296 g/mol. The van der Waals surface area contributed by atoms with E-state index in [0.29, 0.717) is 23.9 Å². The van der Waals surface area contributed by atoms with Crippen molar-refractivity contribution in [3.05, 3.63) is 39.7 Å². The molecule has 0 aliphatic heterocycles. The minimum Gasteiger partial charge on any atom is -0.396 e. The molecule has 2 atom stereocenters. The van der Waals surface area contributed by atoms with Gasteiger partial charge in [-0.15, -0.1) is 0 Å². The number of hydrogen-bond acceptors (Lipinski definition) is 4. The highest BCUT2D eigenvalue weighted by Crippen LogP contribution is 2.29. The van der Waals surface area contributed by atoms with Gasteiger partial charge >= 0.3 is 5.69 Å². The summed E-state index contributed by atoms with van der Waals surface area (Å²) in [6, 6.07) is 3.97. The van der Waals surface area contributed by atoms with Gasteiger partial charge in [0.25, 0.3) is 0 Å². The third-order valence-electron chi connectivity index (χ3n) is 4.25. The molecular formula is C15H21FN2O3. The molecule has 1 fully saturated rings.